The second-order valence-corrected chi connectivity index (χ2v) is 1.73. The van der Waals surface area contributed by atoms with Crippen molar-refractivity contribution in [2.45, 2.75) is 6.92 Å². The van der Waals surface area contributed by atoms with Crippen LogP contribution >= 0.6 is 0 Å². The fourth-order valence-corrected chi connectivity index (χ4v) is 0.527. The van der Waals surface area contributed by atoms with Crippen LogP contribution in [0.15, 0.2) is 11.6 Å². The Kier molecular flexibility index (Phi) is 0.701. The molecule has 0 aromatic carbocycles. The average Bonchev–Trinajstić information content (AvgIpc) is 2.19. The molecule has 0 aromatic rings. The molecule has 2 N–H and O–H groups in total. The Balaban J connectivity index is 2.23. The topological polar surface area (TPSA) is 26.0 Å². The molecule has 1 heteroatoms. The Hall–Kier alpha value is -0.300. The summed E-state index contributed by atoms with van der Waals surface area (Å²) in [6, 6.07) is 0. The highest BCUT2D eigenvalue weighted by molar-refractivity contribution is 5.28. The SMILES string of the molecule is C[C@@H]1C=C1CN. The molecule has 0 spiro atoms. The number of hydrogen-bond acceptors (Lipinski definition) is 1. The standard InChI is InChI=1S/C5H9N/c1-4-2-5(4)3-6/h2,4H,3,6H2,1H3/t4-/m1/s1. The van der Waals surface area contributed by atoms with Crippen molar-refractivity contribution in [2.24, 2.45) is 11.7 Å². The molecule has 0 aromatic heterocycles. The summed E-state index contributed by atoms with van der Waals surface area (Å²) in [5.41, 5.74) is 6.67. The Morgan fingerprint density at radius 3 is 2.50 bits per heavy atom. The molecule has 1 atom stereocenters. The zero-order valence-electron chi connectivity index (χ0n) is 3.94. The summed E-state index contributed by atoms with van der Waals surface area (Å²) >= 11 is 0. The maximum atomic E-state index is 5.26. The second-order valence-electron chi connectivity index (χ2n) is 1.73. The maximum absolute atomic E-state index is 5.26. The highest BCUT2D eigenvalue weighted by Crippen LogP contribution is 2.25. The lowest BCUT2D eigenvalue weighted by Gasteiger charge is -1.79. The van der Waals surface area contributed by atoms with Gasteiger partial charge in [0.05, 0.1) is 0 Å². The van der Waals surface area contributed by atoms with Crippen LogP contribution in [0, 0.1) is 5.92 Å². The van der Waals surface area contributed by atoms with Crippen molar-refractivity contribution in [1.82, 2.24) is 0 Å². The van der Waals surface area contributed by atoms with Gasteiger partial charge in [0.1, 0.15) is 0 Å². The molecule has 0 unspecified atom stereocenters. The lowest BCUT2D eigenvalue weighted by Crippen LogP contribution is -1.96. The fourth-order valence-electron chi connectivity index (χ4n) is 0.527. The van der Waals surface area contributed by atoms with Gasteiger partial charge in [-0.05, 0) is 5.92 Å². The van der Waals surface area contributed by atoms with Crippen LogP contribution in [-0.2, 0) is 0 Å². The zero-order chi connectivity index (χ0) is 4.57. The molecule has 0 heterocycles. The van der Waals surface area contributed by atoms with Gasteiger partial charge in [-0.2, -0.15) is 0 Å². The summed E-state index contributed by atoms with van der Waals surface area (Å²) in [7, 11) is 0. The molecule has 0 fully saturated rings. The highest BCUT2D eigenvalue weighted by Gasteiger charge is 2.15. The van der Waals surface area contributed by atoms with Gasteiger partial charge in [-0.1, -0.05) is 18.6 Å². The quantitative estimate of drug-likeness (QED) is 0.459. The monoisotopic (exact) mass is 83.1 g/mol. The molecule has 1 aliphatic rings. The van der Waals surface area contributed by atoms with Gasteiger partial charge in [-0.3, -0.25) is 0 Å². The number of hydrogen-bond donors (Lipinski definition) is 1. The second kappa shape index (κ2) is 1.09. The minimum atomic E-state index is 0.731. The van der Waals surface area contributed by atoms with Crippen LogP contribution in [-0.4, -0.2) is 6.54 Å². The first-order valence-corrected chi connectivity index (χ1v) is 2.25. The minimum absolute atomic E-state index is 0.731. The minimum Gasteiger partial charge on any atom is -0.327 e. The maximum Gasteiger partial charge on any atom is 0.0142 e. The van der Waals surface area contributed by atoms with Crippen LogP contribution < -0.4 is 5.73 Å². The van der Waals surface area contributed by atoms with Crippen molar-refractivity contribution in [2.75, 3.05) is 6.54 Å². The van der Waals surface area contributed by atoms with Gasteiger partial charge in [-0.25, -0.2) is 0 Å². The van der Waals surface area contributed by atoms with E-state index in [2.05, 4.69) is 13.0 Å². The van der Waals surface area contributed by atoms with Gasteiger partial charge in [0.25, 0.3) is 0 Å². The molecule has 0 aliphatic heterocycles. The molecular formula is C5H9N. The fraction of sp³-hybridized carbons (Fsp3) is 0.600. The van der Waals surface area contributed by atoms with Crippen molar-refractivity contribution in [3.63, 3.8) is 0 Å². The molecule has 0 amide bonds. The first-order chi connectivity index (χ1) is 2.84. The van der Waals surface area contributed by atoms with Gasteiger partial charge >= 0.3 is 0 Å². The lowest BCUT2D eigenvalue weighted by atomic mass is 10.3. The summed E-state index contributed by atoms with van der Waals surface area (Å²) in [5, 5.41) is 0. The molecule has 6 heavy (non-hydrogen) atoms. The predicted octanol–water partition coefficient (Wildman–Crippen LogP) is 0.521. The Labute approximate surface area is 37.8 Å². The van der Waals surface area contributed by atoms with Crippen LogP contribution in [0.5, 0.6) is 0 Å². The van der Waals surface area contributed by atoms with E-state index >= 15 is 0 Å². The number of allylic oxidation sites excluding steroid dienone is 1. The number of nitrogens with two attached hydrogens (primary N) is 1. The first kappa shape index (κ1) is 3.88. The molecular weight excluding hydrogens is 74.1 g/mol. The van der Waals surface area contributed by atoms with Gasteiger partial charge < -0.3 is 5.73 Å². The van der Waals surface area contributed by atoms with Crippen molar-refractivity contribution in [3.05, 3.63) is 11.6 Å². The van der Waals surface area contributed by atoms with E-state index in [1.54, 1.807) is 0 Å². The van der Waals surface area contributed by atoms with E-state index in [0.717, 1.165) is 12.5 Å². The highest BCUT2D eigenvalue weighted by atomic mass is 14.6. The van der Waals surface area contributed by atoms with Crippen LogP contribution in [0.2, 0.25) is 0 Å². The third kappa shape index (κ3) is 0.455. The van der Waals surface area contributed by atoms with Crippen LogP contribution in [0.3, 0.4) is 0 Å². The Morgan fingerprint density at radius 1 is 2.00 bits per heavy atom. The third-order valence-electron chi connectivity index (χ3n) is 1.18. The summed E-state index contributed by atoms with van der Waals surface area (Å²) < 4.78 is 0. The van der Waals surface area contributed by atoms with Crippen molar-refractivity contribution >= 4 is 0 Å². The van der Waals surface area contributed by atoms with E-state index in [9.17, 15) is 0 Å². The predicted molar refractivity (Wildman–Crippen MR) is 26.3 cm³/mol. The molecule has 0 radical (unpaired) electrons. The van der Waals surface area contributed by atoms with E-state index in [-0.39, 0.29) is 0 Å². The average molecular weight is 83.1 g/mol. The van der Waals surface area contributed by atoms with Crippen LogP contribution in [0.4, 0.5) is 0 Å². The summed E-state index contributed by atoms with van der Waals surface area (Å²) in [4.78, 5) is 0. The molecule has 0 saturated heterocycles. The van der Waals surface area contributed by atoms with Crippen LogP contribution in [0.1, 0.15) is 6.92 Å². The van der Waals surface area contributed by atoms with Crippen molar-refractivity contribution in [3.8, 4) is 0 Å². The van der Waals surface area contributed by atoms with Crippen molar-refractivity contribution in [1.29, 1.82) is 0 Å². The van der Waals surface area contributed by atoms with Gasteiger partial charge in [0.2, 0.25) is 0 Å². The summed E-state index contributed by atoms with van der Waals surface area (Å²) in [5.74, 6) is 0.731. The van der Waals surface area contributed by atoms with E-state index < -0.39 is 0 Å². The number of rotatable bonds is 1. The van der Waals surface area contributed by atoms with E-state index in [4.69, 9.17) is 5.73 Å². The van der Waals surface area contributed by atoms with E-state index in [1.165, 1.54) is 5.57 Å². The first-order valence-electron chi connectivity index (χ1n) is 2.25. The lowest BCUT2D eigenvalue weighted by molar-refractivity contribution is 0.985. The summed E-state index contributed by atoms with van der Waals surface area (Å²) in [6.45, 7) is 2.92. The Bertz CT molecular complexity index is 83.9. The molecule has 0 bridgehead atoms. The molecule has 1 aliphatic carbocycles. The molecule has 0 saturated carbocycles. The molecule has 1 rings (SSSR count). The van der Waals surface area contributed by atoms with Crippen molar-refractivity contribution < 1.29 is 0 Å². The van der Waals surface area contributed by atoms with Gasteiger partial charge in [-0.15, -0.1) is 0 Å². The van der Waals surface area contributed by atoms with Gasteiger partial charge in [0.15, 0.2) is 0 Å². The van der Waals surface area contributed by atoms with E-state index in [1.807, 2.05) is 0 Å². The largest absolute Gasteiger partial charge is 0.327 e. The third-order valence-corrected chi connectivity index (χ3v) is 1.18. The summed E-state index contributed by atoms with van der Waals surface area (Å²) in [6.07, 6.45) is 2.18. The normalized spacial score (nSPS) is 29.7. The Morgan fingerprint density at radius 2 is 2.50 bits per heavy atom. The van der Waals surface area contributed by atoms with E-state index in [0.29, 0.717) is 0 Å². The van der Waals surface area contributed by atoms with Gasteiger partial charge in [0, 0.05) is 6.54 Å². The molecule has 1 nitrogen and oxygen atoms in total. The molecule has 34 valence electrons. The zero-order valence-corrected chi connectivity index (χ0v) is 3.94. The van der Waals surface area contributed by atoms with Crippen LogP contribution in [0.25, 0.3) is 0 Å². The smallest absolute Gasteiger partial charge is 0.0142 e.